The summed E-state index contributed by atoms with van der Waals surface area (Å²) in [5.41, 5.74) is -0.0298. The topological polar surface area (TPSA) is 66.8 Å². The third kappa shape index (κ3) is 3.37. The fraction of sp³-hybridized carbons (Fsp3) is 0.333. The highest BCUT2D eigenvalue weighted by atomic mass is 35.5. The van der Waals surface area contributed by atoms with E-state index in [1.807, 2.05) is 0 Å². The molecule has 0 fully saturated rings. The van der Waals surface area contributed by atoms with Crippen LogP contribution in [0.15, 0.2) is 18.2 Å². The molecular weight excluding hydrogens is 258 g/mol. The lowest BCUT2D eigenvalue weighted by Gasteiger charge is -2.17. The number of phenols is 1. The highest BCUT2D eigenvalue weighted by molar-refractivity contribution is 6.30. The second kappa shape index (κ2) is 5.73. The van der Waals surface area contributed by atoms with E-state index < -0.39 is 12.1 Å². The summed E-state index contributed by atoms with van der Waals surface area (Å²) in [4.78, 5) is 24.6. The van der Waals surface area contributed by atoms with Crippen LogP contribution in [0.3, 0.4) is 0 Å². The first kappa shape index (κ1) is 14.3. The normalized spacial score (nSPS) is 11.8. The molecule has 0 unspecified atom stereocenters. The largest absolute Gasteiger partial charge is 0.507 e. The van der Waals surface area contributed by atoms with Gasteiger partial charge in [0.1, 0.15) is 11.3 Å². The molecule has 1 N–H and O–H groups in total. The Kier molecular flexibility index (Phi) is 4.55. The zero-order chi connectivity index (χ0) is 13.9. The standard InChI is InChI=1S/C12H14ClNO4/c1-7(11(16)14(2)3)18-12(17)9-5-4-8(13)6-10(9)15/h4-7,15H,1-3H3/t7-/m1/s1. The van der Waals surface area contributed by atoms with Crippen molar-refractivity contribution in [3.8, 4) is 5.75 Å². The van der Waals surface area contributed by atoms with Gasteiger partial charge >= 0.3 is 5.97 Å². The molecule has 5 nitrogen and oxygen atoms in total. The number of nitrogens with zero attached hydrogens (tertiary/aromatic N) is 1. The number of aromatic hydroxyl groups is 1. The maximum absolute atomic E-state index is 11.7. The molecule has 0 aliphatic carbocycles. The van der Waals surface area contributed by atoms with Crippen LogP contribution in [0.1, 0.15) is 17.3 Å². The first-order valence-electron chi connectivity index (χ1n) is 5.23. The molecule has 0 aliphatic heterocycles. The van der Waals surface area contributed by atoms with Crippen molar-refractivity contribution in [3.05, 3.63) is 28.8 Å². The first-order chi connectivity index (χ1) is 8.32. The van der Waals surface area contributed by atoms with Gasteiger partial charge in [0, 0.05) is 19.1 Å². The Bertz CT molecular complexity index is 473. The number of halogens is 1. The van der Waals surface area contributed by atoms with Crippen molar-refractivity contribution in [2.45, 2.75) is 13.0 Å². The van der Waals surface area contributed by atoms with Crippen molar-refractivity contribution in [1.29, 1.82) is 0 Å². The van der Waals surface area contributed by atoms with Crippen LogP contribution in [0.2, 0.25) is 5.02 Å². The summed E-state index contributed by atoms with van der Waals surface area (Å²) in [5, 5.41) is 9.85. The molecule has 0 saturated heterocycles. The predicted molar refractivity (Wildman–Crippen MR) is 66.7 cm³/mol. The predicted octanol–water partition coefficient (Wildman–Crippen LogP) is 1.68. The summed E-state index contributed by atoms with van der Waals surface area (Å²) in [5.74, 6) is -1.39. The van der Waals surface area contributed by atoms with E-state index in [4.69, 9.17) is 16.3 Å². The second-order valence-corrected chi connectivity index (χ2v) is 4.38. The van der Waals surface area contributed by atoms with Gasteiger partial charge < -0.3 is 14.7 Å². The van der Waals surface area contributed by atoms with Crippen molar-refractivity contribution in [2.75, 3.05) is 14.1 Å². The number of carbonyl (C=O) groups excluding carboxylic acids is 2. The summed E-state index contributed by atoms with van der Waals surface area (Å²) < 4.78 is 4.95. The van der Waals surface area contributed by atoms with Crippen molar-refractivity contribution < 1.29 is 19.4 Å². The van der Waals surface area contributed by atoms with E-state index in [1.54, 1.807) is 14.1 Å². The molecular formula is C12H14ClNO4. The molecule has 1 amide bonds. The van der Waals surface area contributed by atoms with Crippen LogP contribution in [0.4, 0.5) is 0 Å². The average Bonchev–Trinajstić information content (AvgIpc) is 2.27. The maximum Gasteiger partial charge on any atom is 0.342 e. The molecule has 0 bridgehead atoms. The Labute approximate surface area is 110 Å². The van der Waals surface area contributed by atoms with E-state index >= 15 is 0 Å². The average molecular weight is 272 g/mol. The molecule has 0 saturated carbocycles. The molecule has 0 spiro atoms. The van der Waals surface area contributed by atoms with Crippen LogP contribution in [0, 0.1) is 0 Å². The van der Waals surface area contributed by atoms with E-state index in [9.17, 15) is 14.7 Å². The fourth-order valence-corrected chi connectivity index (χ4v) is 1.48. The molecule has 1 aromatic rings. The first-order valence-corrected chi connectivity index (χ1v) is 5.61. The van der Waals surface area contributed by atoms with Crippen LogP contribution < -0.4 is 0 Å². The van der Waals surface area contributed by atoms with Crippen molar-refractivity contribution in [3.63, 3.8) is 0 Å². The lowest BCUT2D eigenvalue weighted by Crippen LogP contribution is -2.34. The summed E-state index contributed by atoms with van der Waals surface area (Å²) >= 11 is 5.65. The zero-order valence-electron chi connectivity index (χ0n) is 10.3. The Morgan fingerprint density at radius 2 is 2.00 bits per heavy atom. The number of hydrogen-bond acceptors (Lipinski definition) is 4. The van der Waals surface area contributed by atoms with Crippen LogP contribution in [0.5, 0.6) is 5.75 Å². The Balaban J connectivity index is 2.80. The van der Waals surface area contributed by atoms with E-state index in [2.05, 4.69) is 0 Å². The third-order valence-electron chi connectivity index (χ3n) is 2.25. The molecule has 1 aromatic carbocycles. The van der Waals surface area contributed by atoms with Crippen LogP contribution in [-0.2, 0) is 9.53 Å². The molecule has 18 heavy (non-hydrogen) atoms. The Morgan fingerprint density at radius 3 is 2.50 bits per heavy atom. The number of phenolic OH excluding ortho intramolecular Hbond substituents is 1. The van der Waals surface area contributed by atoms with Crippen LogP contribution in [0.25, 0.3) is 0 Å². The van der Waals surface area contributed by atoms with Gasteiger partial charge in [-0.25, -0.2) is 4.79 Å². The van der Waals surface area contributed by atoms with Crippen molar-refractivity contribution in [1.82, 2.24) is 4.90 Å². The minimum atomic E-state index is -0.914. The molecule has 0 heterocycles. The Hall–Kier alpha value is -1.75. The lowest BCUT2D eigenvalue weighted by molar-refractivity contribution is -0.137. The number of esters is 1. The number of rotatable bonds is 3. The van der Waals surface area contributed by atoms with E-state index in [-0.39, 0.29) is 17.2 Å². The summed E-state index contributed by atoms with van der Waals surface area (Å²) in [6.45, 7) is 1.47. The molecule has 0 aromatic heterocycles. The molecule has 98 valence electrons. The number of carbonyl (C=O) groups is 2. The zero-order valence-corrected chi connectivity index (χ0v) is 11.1. The van der Waals surface area contributed by atoms with Gasteiger partial charge in [-0.1, -0.05) is 11.6 Å². The molecule has 1 atom stereocenters. The third-order valence-corrected chi connectivity index (χ3v) is 2.49. The summed E-state index contributed by atoms with van der Waals surface area (Å²) in [6, 6.07) is 4.03. The van der Waals surface area contributed by atoms with E-state index in [0.29, 0.717) is 5.02 Å². The minimum absolute atomic E-state index is 0.0298. The van der Waals surface area contributed by atoms with Gasteiger partial charge in [0.05, 0.1) is 0 Å². The van der Waals surface area contributed by atoms with Gasteiger partial charge in [0.2, 0.25) is 0 Å². The minimum Gasteiger partial charge on any atom is -0.507 e. The van der Waals surface area contributed by atoms with Gasteiger partial charge in [0.15, 0.2) is 6.10 Å². The second-order valence-electron chi connectivity index (χ2n) is 3.94. The fourth-order valence-electron chi connectivity index (χ4n) is 1.32. The summed E-state index contributed by atoms with van der Waals surface area (Å²) in [7, 11) is 3.12. The van der Waals surface area contributed by atoms with Gasteiger partial charge in [0.25, 0.3) is 5.91 Å². The van der Waals surface area contributed by atoms with Crippen molar-refractivity contribution in [2.24, 2.45) is 0 Å². The van der Waals surface area contributed by atoms with Gasteiger partial charge in [-0.15, -0.1) is 0 Å². The highest BCUT2D eigenvalue weighted by Crippen LogP contribution is 2.22. The van der Waals surface area contributed by atoms with E-state index in [0.717, 1.165) is 0 Å². The SMILES string of the molecule is C[C@@H](OC(=O)c1ccc(Cl)cc1O)C(=O)N(C)C. The molecule has 1 rings (SSSR count). The molecule has 6 heteroatoms. The number of benzene rings is 1. The van der Waals surface area contributed by atoms with Gasteiger partial charge in [-0.3, -0.25) is 4.79 Å². The van der Waals surface area contributed by atoms with Crippen LogP contribution >= 0.6 is 11.6 Å². The lowest BCUT2D eigenvalue weighted by atomic mass is 10.2. The van der Waals surface area contributed by atoms with Crippen molar-refractivity contribution >= 4 is 23.5 Å². The van der Waals surface area contributed by atoms with Crippen LogP contribution in [-0.4, -0.2) is 42.1 Å². The number of likely N-dealkylation sites (N-methyl/N-ethyl adjacent to an activating group) is 1. The monoisotopic (exact) mass is 271 g/mol. The smallest absolute Gasteiger partial charge is 0.342 e. The number of ether oxygens (including phenoxy) is 1. The number of hydrogen-bond donors (Lipinski definition) is 1. The van der Waals surface area contributed by atoms with Gasteiger partial charge in [-0.05, 0) is 25.1 Å². The quantitative estimate of drug-likeness (QED) is 0.850. The molecule has 0 radical (unpaired) electrons. The highest BCUT2D eigenvalue weighted by Gasteiger charge is 2.21. The van der Waals surface area contributed by atoms with Gasteiger partial charge in [-0.2, -0.15) is 0 Å². The number of amides is 1. The maximum atomic E-state index is 11.7. The Morgan fingerprint density at radius 1 is 1.39 bits per heavy atom. The summed E-state index contributed by atoms with van der Waals surface area (Å²) in [6.07, 6.45) is -0.914. The van der Waals surface area contributed by atoms with E-state index in [1.165, 1.54) is 30.0 Å². The molecule has 0 aliphatic rings.